The molecule has 0 aliphatic rings. The van der Waals surface area contributed by atoms with E-state index in [1.165, 1.54) is 0 Å². The number of hydrogen-bond acceptors (Lipinski definition) is 3. The molecule has 88 valence electrons. The molecule has 0 fully saturated rings. The summed E-state index contributed by atoms with van der Waals surface area (Å²) in [6, 6.07) is 8.72. The fourth-order valence-electron chi connectivity index (χ4n) is 1.26. The van der Waals surface area contributed by atoms with E-state index in [1.54, 1.807) is 24.3 Å². The lowest BCUT2D eigenvalue weighted by Crippen LogP contribution is -1.99. The van der Waals surface area contributed by atoms with Crippen LogP contribution in [-0.4, -0.2) is 4.98 Å². The largest absolute Gasteiger partial charge is 0.396 e. The van der Waals surface area contributed by atoms with Crippen LogP contribution in [0.25, 0.3) is 0 Å². The van der Waals surface area contributed by atoms with Gasteiger partial charge in [0.15, 0.2) is 5.82 Å². The molecule has 0 bridgehead atoms. The number of nitrogen functional groups attached to an aromatic ring is 1. The van der Waals surface area contributed by atoms with Gasteiger partial charge in [0.25, 0.3) is 0 Å². The summed E-state index contributed by atoms with van der Waals surface area (Å²) in [6.07, 6.45) is 0. The SMILES string of the molecule is Nc1ccc(Cl)nc1Nc1ccc(Cl)cc1Br. The highest BCUT2D eigenvalue weighted by Crippen LogP contribution is 2.30. The Morgan fingerprint density at radius 2 is 1.94 bits per heavy atom. The summed E-state index contributed by atoms with van der Waals surface area (Å²) in [5.41, 5.74) is 7.13. The predicted molar refractivity (Wildman–Crippen MR) is 76.1 cm³/mol. The van der Waals surface area contributed by atoms with Crippen molar-refractivity contribution in [2.75, 3.05) is 11.1 Å². The smallest absolute Gasteiger partial charge is 0.155 e. The Bertz CT molecular complexity index is 560. The van der Waals surface area contributed by atoms with Crippen LogP contribution in [0.3, 0.4) is 0 Å². The van der Waals surface area contributed by atoms with Gasteiger partial charge < -0.3 is 11.1 Å². The Labute approximate surface area is 117 Å². The van der Waals surface area contributed by atoms with E-state index >= 15 is 0 Å². The van der Waals surface area contributed by atoms with Crippen molar-refractivity contribution >= 4 is 56.3 Å². The van der Waals surface area contributed by atoms with E-state index in [1.807, 2.05) is 6.07 Å². The highest BCUT2D eigenvalue weighted by Gasteiger charge is 2.05. The van der Waals surface area contributed by atoms with Gasteiger partial charge >= 0.3 is 0 Å². The molecule has 6 heteroatoms. The zero-order chi connectivity index (χ0) is 12.4. The summed E-state index contributed by atoms with van der Waals surface area (Å²) >= 11 is 15.1. The average molecular weight is 333 g/mol. The molecule has 3 nitrogen and oxygen atoms in total. The van der Waals surface area contributed by atoms with E-state index in [4.69, 9.17) is 28.9 Å². The predicted octanol–water partition coefficient (Wildman–Crippen LogP) is 4.48. The third kappa shape index (κ3) is 3.03. The van der Waals surface area contributed by atoms with E-state index in [2.05, 4.69) is 26.2 Å². The monoisotopic (exact) mass is 331 g/mol. The molecular weight excluding hydrogens is 325 g/mol. The third-order valence-corrected chi connectivity index (χ3v) is 3.18. The Kier molecular flexibility index (Phi) is 3.76. The molecule has 0 saturated heterocycles. The molecule has 0 spiro atoms. The minimum absolute atomic E-state index is 0.381. The van der Waals surface area contributed by atoms with E-state index in [9.17, 15) is 0 Å². The summed E-state index contributed by atoms with van der Waals surface area (Å²) < 4.78 is 0.825. The molecule has 0 saturated carbocycles. The number of pyridine rings is 1. The van der Waals surface area contributed by atoms with Crippen LogP contribution in [0, 0.1) is 0 Å². The van der Waals surface area contributed by atoms with Gasteiger partial charge in [-0.15, -0.1) is 0 Å². The topological polar surface area (TPSA) is 50.9 Å². The van der Waals surface area contributed by atoms with Gasteiger partial charge in [0.05, 0.1) is 11.4 Å². The number of nitrogens with zero attached hydrogens (tertiary/aromatic N) is 1. The zero-order valence-corrected chi connectivity index (χ0v) is 11.6. The Morgan fingerprint density at radius 1 is 1.18 bits per heavy atom. The molecular formula is C11H8BrCl2N3. The maximum absolute atomic E-state index is 5.86. The first-order valence-electron chi connectivity index (χ1n) is 4.70. The molecule has 0 atom stereocenters. The standard InChI is InChI=1S/C11H8BrCl2N3/c12-7-5-6(13)1-3-9(7)16-11-8(15)2-4-10(14)17-11/h1-5H,15H2,(H,16,17). The first-order chi connectivity index (χ1) is 8.06. The molecule has 0 amide bonds. The Hall–Kier alpha value is -0.970. The molecule has 1 heterocycles. The van der Waals surface area contributed by atoms with Gasteiger partial charge in [0.1, 0.15) is 5.15 Å². The number of rotatable bonds is 2. The van der Waals surface area contributed by atoms with Crippen LogP contribution in [0.5, 0.6) is 0 Å². The van der Waals surface area contributed by atoms with Gasteiger partial charge in [-0.25, -0.2) is 4.98 Å². The van der Waals surface area contributed by atoms with Gasteiger partial charge in [-0.3, -0.25) is 0 Å². The first kappa shape index (κ1) is 12.5. The minimum atomic E-state index is 0.381. The van der Waals surface area contributed by atoms with Gasteiger partial charge in [-0.05, 0) is 46.3 Å². The fraction of sp³-hybridized carbons (Fsp3) is 0. The molecule has 1 aromatic heterocycles. The van der Waals surface area contributed by atoms with Crippen LogP contribution in [0.2, 0.25) is 10.2 Å². The third-order valence-electron chi connectivity index (χ3n) is 2.08. The summed E-state index contributed by atoms with van der Waals surface area (Å²) in [5, 5.41) is 4.11. The van der Waals surface area contributed by atoms with Crippen LogP contribution in [0.4, 0.5) is 17.2 Å². The van der Waals surface area contributed by atoms with Gasteiger partial charge in [0.2, 0.25) is 0 Å². The molecule has 0 aliphatic carbocycles. The van der Waals surface area contributed by atoms with Crippen molar-refractivity contribution < 1.29 is 0 Å². The second-order valence-electron chi connectivity index (χ2n) is 3.32. The fourth-order valence-corrected chi connectivity index (χ4v) is 2.19. The molecule has 2 rings (SSSR count). The molecule has 0 radical (unpaired) electrons. The van der Waals surface area contributed by atoms with Crippen LogP contribution in [-0.2, 0) is 0 Å². The quantitative estimate of drug-likeness (QED) is 0.797. The van der Waals surface area contributed by atoms with Crippen molar-refractivity contribution in [1.82, 2.24) is 4.98 Å². The number of nitrogens with one attached hydrogen (secondary N) is 1. The van der Waals surface area contributed by atoms with Crippen molar-refractivity contribution in [2.45, 2.75) is 0 Å². The van der Waals surface area contributed by atoms with Crippen molar-refractivity contribution in [3.05, 3.63) is 45.0 Å². The van der Waals surface area contributed by atoms with Gasteiger partial charge in [-0.1, -0.05) is 23.2 Å². The zero-order valence-electron chi connectivity index (χ0n) is 8.55. The molecule has 0 aliphatic heterocycles. The lowest BCUT2D eigenvalue weighted by molar-refractivity contribution is 1.31. The van der Waals surface area contributed by atoms with Crippen LogP contribution < -0.4 is 11.1 Å². The number of aromatic nitrogens is 1. The molecule has 0 unspecified atom stereocenters. The normalized spacial score (nSPS) is 10.3. The number of halogens is 3. The molecule has 2 aromatic rings. The summed E-state index contributed by atoms with van der Waals surface area (Å²) in [4.78, 5) is 4.11. The highest BCUT2D eigenvalue weighted by atomic mass is 79.9. The van der Waals surface area contributed by atoms with Crippen LogP contribution in [0.15, 0.2) is 34.8 Å². The molecule has 1 aromatic carbocycles. The summed E-state index contributed by atoms with van der Waals surface area (Å²) in [5.74, 6) is 0.514. The maximum atomic E-state index is 5.86. The van der Waals surface area contributed by atoms with E-state index < -0.39 is 0 Å². The van der Waals surface area contributed by atoms with Crippen LogP contribution in [0.1, 0.15) is 0 Å². The number of hydrogen-bond donors (Lipinski definition) is 2. The summed E-state index contributed by atoms with van der Waals surface area (Å²) in [6.45, 7) is 0. The molecule has 3 N–H and O–H groups in total. The number of nitrogens with two attached hydrogens (primary N) is 1. The first-order valence-corrected chi connectivity index (χ1v) is 6.25. The average Bonchev–Trinajstić information content (AvgIpc) is 2.27. The lowest BCUT2D eigenvalue weighted by Gasteiger charge is -2.10. The second-order valence-corrected chi connectivity index (χ2v) is 5.00. The van der Waals surface area contributed by atoms with Gasteiger partial charge in [0, 0.05) is 9.50 Å². The molecule has 17 heavy (non-hydrogen) atoms. The van der Waals surface area contributed by atoms with Crippen molar-refractivity contribution in [3.8, 4) is 0 Å². The Balaban J connectivity index is 2.34. The van der Waals surface area contributed by atoms with Crippen LogP contribution >= 0.6 is 39.1 Å². The van der Waals surface area contributed by atoms with Gasteiger partial charge in [-0.2, -0.15) is 0 Å². The lowest BCUT2D eigenvalue weighted by atomic mass is 10.3. The highest BCUT2D eigenvalue weighted by molar-refractivity contribution is 9.10. The summed E-state index contributed by atoms with van der Waals surface area (Å²) in [7, 11) is 0. The van der Waals surface area contributed by atoms with Crippen molar-refractivity contribution in [1.29, 1.82) is 0 Å². The van der Waals surface area contributed by atoms with E-state index in [0.717, 1.165) is 10.2 Å². The van der Waals surface area contributed by atoms with E-state index in [-0.39, 0.29) is 0 Å². The van der Waals surface area contributed by atoms with Crippen molar-refractivity contribution in [2.24, 2.45) is 0 Å². The second kappa shape index (κ2) is 5.12. The Morgan fingerprint density at radius 3 is 2.65 bits per heavy atom. The van der Waals surface area contributed by atoms with Crippen molar-refractivity contribution in [3.63, 3.8) is 0 Å². The van der Waals surface area contributed by atoms with E-state index in [0.29, 0.717) is 21.7 Å². The number of anilines is 3. The number of benzene rings is 1. The maximum Gasteiger partial charge on any atom is 0.155 e. The minimum Gasteiger partial charge on any atom is -0.396 e.